The molecule has 0 radical (unpaired) electrons. The molecule has 16 heavy (non-hydrogen) atoms. The van der Waals surface area contributed by atoms with Gasteiger partial charge in [-0.2, -0.15) is 0 Å². The molecule has 1 saturated heterocycles. The Balaban J connectivity index is 2.45. The van der Waals surface area contributed by atoms with E-state index in [2.05, 4.69) is 10.6 Å². The average Bonchev–Trinajstić information content (AvgIpc) is 2.29. The summed E-state index contributed by atoms with van der Waals surface area (Å²) in [5, 5.41) is 5.39. The summed E-state index contributed by atoms with van der Waals surface area (Å²) < 4.78 is 5.10. The summed E-state index contributed by atoms with van der Waals surface area (Å²) >= 11 is 0. The molecule has 0 aromatic heterocycles. The molecule has 0 aliphatic carbocycles. The highest BCUT2D eigenvalue weighted by atomic mass is 16.6. The van der Waals surface area contributed by atoms with Crippen LogP contribution in [0.4, 0.5) is 4.79 Å². The van der Waals surface area contributed by atoms with Gasteiger partial charge in [0.15, 0.2) is 6.10 Å². The second kappa shape index (κ2) is 5.18. The van der Waals surface area contributed by atoms with Gasteiger partial charge in [-0.25, -0.2) is 4.79 Å². The van der Waals surface area contributed by atoms with E-state index in [4.69, 9.17) is 4.74 Å². The lowest BCUT2D eigenvalue weighted by Crippen LogP contribution is -2.45. The summed E-state index contributed by atoms with van der Waals surface area (Å²) in [4.78, 5) is 23.0. The summed E-state index contributed by atoms with van der Waals surface area (Å²) in [6.45, 7) is 6.25. The smallest absolute Gasteiger partial charge is 0.408 e. The lowest BCUT2D eigenvalue weighted by Gasteiger charge is -2.22. The van der Waals surface area contributed by atoms with Crippen LogP contribution in [-0.2, 0) is 9.53 Å². The number of ether oxygens (including phenoxy) is 1. The van der Waals surface area contributed by atoms with Crippen molar-refractivity contribution in [2.75, 3.05) is 6.54 Å². The topological polar surface area (TPSA) is 67.4 Å². The first kappa shape index (κ1) is 12.8. The van der Waals surface area contributed by atoms with Gasteiger partial charge in [-0.15, -0.1) is 0 Å². The van der Waals surface area contributed by atoms with Crippen LogP contribution >= 0.6 is 0 Å². The van der Waals surface area contributed by atoms with E-state index in [0.717, 1.165) is 12.8 Å². The van der Waals surface area contributed by atoms with E-state index in [-0.39, 0.29) is 11.4 Å². The number of amides is 2. The molecular weight excluding hydrogens is 208 g/mol. The fourth-order valence-electron chi connectivity index (χ4n) is 1.49. The molecule has 92 valence electrons. The first-order valence-electron chi connectivity index (χ1n) is 5.65. The highest BCUT2D eigenvalue weighted by Gasteiger charge is 2.25. The van der Waals surface area contributed by atoms with Gasteiger partial charge in [-0.05, 0) is 40.0 Å². The van der Waals surface area contributed by atoms with Gasteiger partial charge in [0.05, 0.1) is 0 Å². The van der Waals surface area contributed by atoms with Gasteiger partial charge in [-0.3, -0.25) is 4.79 Å². The van der Waals surface area contributed by atoms with Gasteiger partial charge >= 0.3 is 6.09 Å². The van der Waals surface area contributed by atoms with E-state index in [1.165, 1.54) is 0 Å². The Kier molecular flexibility index (Phi) is 4.15. The van der Waals surface area contributed by atoms with Crippen molar-refractivity contribution in [2.24, 2.45) is 0 Å². The highest BCUT2D eigenvalue weighted by molar-refractivity contribution is 5.83. The third-order valence-electron chi connectivity index (χ3n) is 2.21. The molecule has 0 bridgehead atoms. The molecule has 0 unspecified atom stereocenters. The molecular formula is C11H20N2O3. The zero-order valence-corrected chi connectivity index (χ0v) is 10.1. The minimum Gasteiger partial charge on any atom is -0.436 e. The van der Waals surface area contributed by atoms with Crippen LogP contribution in [0.25, 0.3) is 0 Å². The molecule has 1 fully saturated rings. The summed E-state index contributed by atoms with van der Waals surface area (Å²) in [5.74, 6) is -0.193. The number of nitrogens with one attached hydrogen (secondary N) is 2. The van der Waals surface area contributed by atoms with Crippen molar-refractivity contribution in [3.8, 4) is 0 Å². The summed E-state index contributed by atoms with van der Waals surface area (Å²) in [6, 6.07) is 0. The van der Waals surface area contributed by atoms with E-state index >= 15 is 0 Å². The largest absolute Gasteiger partial charge is 0.436 e. The predicted molar refractivity (Wildman–Crippen MR) is 60.0 cm³/mol. The zero-order chi connectivity index (χ0) is 12.2. The minimum atomic E-state index is -0.648. The van der Waals surface area contributed by atoms with Crippen molar-refractivity contribution in [3.05, 3.63) is 0 Å². The number of carbonyl (C=O) groups is 2. The third-order valence-corrected chi connectivity index (χ3v) is 2.21. The maximum Gasteiger partial charge on any atom is 0.408 e. The number of hydrogen-bond acceptors (Lipinski definition) is 3. The van der Waals surface area contributed by atoms with Gasteiger partial charge < -0.3 is 15.4 Å². The Morgan fingerprint density at radius 2 is 2.12 bits per heavy atom. The molecule has 0 spiro atoms. The lowest BCUT2D eigenvalue weighted by atomic mass is 10.1. The second-order valence-electron chi connectivity index (χ2n) is 5.06. The molecule has 0 saturated carbocycles. The molecule has 2 amide bonds. The van der Waals surface area contributed by atoms with E-state index in [9.17, 15) is 9.59 Å². The molecule has 0 aromatic rings. The maximum atomic E-state index is 11.5. The normalized spacial score (nSPS) is 21.9. The van der Waals surface area contributed by atoms with Crippen molar-refractivity contribution < 1.29 is 14.3 Å². The van der Waals surface area contributed by atoms with Gasteiger partial charge in [0.1, 0.15) is 0 Å². The van der Waals surface area contributed by atoms with Crippen LogP contribution in [0.15, 0.2) is 0 Å². The minimum absolute atomic E-state index is 0.193. The summed E-state index contributed by atoms with van der Waals surface area (Å²) in [7, 11) is 0. The predicted octanol–water partition coefficient (Wildman–Crippen LogP) is 1.18. The van der Waals surface area contributed by atoms with Crippen LogP contribution in [0.5, 0.6) is 0 Å². The third kappa shape index (κ3) is 4.51. The molecule has 1 rings (SSSR count). The van der Waals surface area contributed by atoms with Gasteiger partial charge in [0, 0.05) is 12.1 Å². The zero-order valence-electron chi connectivity index (χ0n) is 10.1. The number of hydrogen-bond donors (Lipinski definition) is 2. The van der Waals surface area contributed by atoms with Crippen LogP contribution < -0.4 is 10.6 Å². The van der Waals surface area contributed by atoms with Crippen molar-refractivity contribution in [1.29, 1.82) is 0 Å². The highest BCUT2D eigenvalue weighted by Crippen LogP contribution is 2.10. The fourth-order valence-corrected chi connectivity index (χ4v) is 1.49. The molecule has 1 aliphatic heterocycles. The van der Waals surface area contributed by atoms with E-state index in [1.807, 2.05) is 20.8 Å². The molecule has 2 N–H and O–H groups in total. The van der Waals surface area contributed by atoms with E-state index in [0.29, 0.717) is 13.0 Å². The van der Waals surface area contributed by atoms with Gasteiger partial charge in [0.25, 0.3) is 5.91 Å². The first-order valence-corrected chi connectivity index (χ1v) is 5.65. The Bertz CT molecular complexity index is 271. The fraction of sp³-hybridized carbons (Fsp3) is 0.818. The standard InChI is InChI=1S/C11H20N2O3/c1-11(2,3)13-10(15)16-8-6-4-5-7-12-9(8)14/h8H,4-7H2,1-3H3,(H,12,14)(H,13,15)/t8-/m0/s1. The Morgan fingerprint density at radius 3 is 2.75 bits per heavy atom. The maximum absolute atomic E-state index is 11.5. The Morgan fingerprint density at radius 1 is 1.44 bits per heavy atom. The van der Waals surface area contributed by atoms with Crippen molar-refractivity contribution in [3.63, 3.8) is 0 Å². The first-order chi connectivity index (χ1) is 7.38. The van der Waals surface area contributed by atoms with Crippen molar-refractivity contribution >= 4 is 12.0 Å². The van der Waals surface area contributed by atoms with E-state index < -0.39 is 12.2 Å². The van der Waals surface area contributed by atoms with Gasteiger partial charge in [-0.1, -0.05) is 0 Å². The van der Waals surface area contributed by atoms with Crippen LogP contribution in [0, 0.1) is 0 Å². The summed E-state index contributed by atoms with van der Waals surface area (Å²) in [5.41, 5.74) is -0.349. The second-order valence-corrected chi connectivity index (χ2v) is 5.06. The van der Waals surface area contributed by atoms with Crippen LogP contribution in [0.1, 0.15) is 40.0 Å². The van der Waals surface area contributed by atoms with Crippen molar-refractivity contribution in [2.45, 2.75) is 51.7 Å². The molecule has 1 aliphatic rings. The molecule has 5 nitrogen and oxygen atoms in total. The molecule has 1 atom stereocenters. The van der Waals surface area contributed by atoms with Crippen molar-refractivity contribution in [1.82, 2.24) is 10.6 Å². The number of alkyl carbamates (subject to hydrolysis) is 1. The van der Waals surface area contributed by atoms with Crippen LogP contribution in [0.3, 0.4) is 0 Å². The SMILES string of the molecule is CC(C)(C)NC(=O)O[C@H]1CCCCNC1=O. The van der Waals surface area contributed by atoms with Crippen LogP contribution in [0.2, 0.25) is 0 Å². The summed E-state index contributed by atoms with van der Waals surface area (Å²) in [6.07, 6.45) is 1.25. The van der Waals surface area contributed by atoms with E-state index in [1.54, 1.807) is 0 Å². The molecule has 0 aromatic carbocycles. The molecule has 5 heteroatoms. The molecule has 1 heterocycles. The Hall–Kier alpha value is -1.26. The number of rotatable bonds is 1. The lowest BCUT2D eigenvalue weighted by molar-refractivity contribution is -0.129. The Labute approximate surface area is 95.9 Å². The average molecular weight is 228 g/mol. The monoisotopic (exact) mass is 228 g/mol. The van der Waals surface area contributed by atoms with Crippen LogP contribution in [-0.4, -0.2) is 30.2 Å². The quantitative estimate of drug-likeness (QED) is 0.708. The number of carbonyl (C=O) groups excluding carboxylic acids is 2. The van der Waals surface area contributed by atoms with Gasteiger partial charge in [0.2, 0.25) is 0 Å².